The standard InChI is InChI=1S/C16H25N2O11P/c1-8-5-17(12-3-9(20)10(6-19)28-12)15(23)18(14(8)22)13-4-11(21)16(2,29-13)27-7-30(24,25)26/h5,9-13,19-21H,3-4,6-7H2,1-2H3,(H2,24,25,26)/t9-,10+,11-,12-,13+,16-/m0/s1. The van der Waals surface area contributed by atoms with Crippen LogP contribution in [0.25, 0.3) is 0 Å². The van der Waals surface area contributed by atoms with Crippen LogP contribution in [0.5, 0.6) is 0 Å². The third-order valence-corrected chi connectivity index (χ3v) is 5.68. The molecule has 0 radical (unpaired) electrons. The Hall–Kier alpha value is -1.41. The van der Waals surface area contributed by atoms with E-state index in [1.54, 1.807) is 0 Å². The Labute approximate surface area is 170 Å². The van der Waals surface area contributed by atoms with Crippen molar-refractivity contribution < 1.29 is 43.9 Å². The van der Waals surface area contributed by atoms with Crippen LogP contribution in [0.3, 0.4) is 0 Å². The third-order valence-electron chi connectivity index (χ3n) is 5.22. The first-order valence-corrected chi connectivity index (χ1v) is 11.0. The molecule has 0 aromatic carbocycles. The van der Waals surface area contributed by atoms with Gasteiger partial charge < -0.3 is 39.3 Å². The fourth-order valence-corrected chi connectivity index (χ4v) is 3.96. The predicted molar refractivity (Wildman–Crippen MR) is 98.5 cm³/mol. The van der Waals surface area contributed by atoms with Crippen molar-refractivity contribution in [2.75, 3.05) is 13.0 Å². The Morgan fingerprint density at radius 3 is 2.50 bits per heavy atom. The molecule has 6 atom stereocenters. The van der Waals surface area contributed by atoms with E-state index in [0.717, 1.165) is 9.13 Å². The summed E-state index contributed by atoms with van der Waals surface area (Å²) in [7, 11) is -4.55. The quantitative estimate of drug-likeness (QED) is 0.303. The highest BCUT2D eigenvalue weighted by Gasteiger charge is 2.48. The van der Waals surface area contributed by atoms with Gasteiger partial charge in [0.15, 0.2) is 12.1 Å². The molecule has 0 bridgehead atoms. The molecule has 0 saturated carbocycles. The molecule has 2 aliphatic heterocycles. The van der Waals surface area contributed by atoms with E-state index < -0.39 is 68.4 Å². The lowest BCUT2D eigenvalue weighted by atomic mass is 10.1. The highest BCUT2D eigenvalue weighted by molar-refractivity contribution is 7.51. The van der Waals surface area contributed by atoms with Crippen molar-refractivity contribution in [1.29, 1.82) is 0 Å². The van der Waals surface area contributed by atoms with E-state index in [1.165, 1.54) is 20.0 Å². The summed E-state index contributed by atoms with van der Waals surface area (Å²) in [5.74, 6) is -1.85. The van der Waals surface area contributed by atoms with Crippen LogP contribution in [0.15, 0.2) is 15.8 Å². The molecule has 14 heteroatoms. The summed E-state index contributed by atoms with van der Waals surface area (Å²) in [4.78, 5) is 43.7. The molecule has 2 saturated heterocycles. The van der Waals surface area contributed by atoms with Gasteiger partial charge in [0.2, 0.25) is 0 Å². The molecule has 1 aromatic heterocycles. The molecular weight excluding hydrogens is 427 g/mol. The zero-order chi connectivity index (χ0) is 22.4. The van der Waals surface area contributed by atoms with Gasteiger partial charge in [0, 0.05) is 24.6 Å². The van der Waals surface area contributed by atoms with Crippen molar-refractivity contribution in [1.82, 2.24) is 9.13 Å². The van der Waals surface area contributed by atoms with Crippen molar-refractivity contribution in [3.8, 4) is 0 Å². The number of hydrogen-bond donors (Lipinski definition) is 5. The molecule has 5 N–H and O–H groups in total. The van der Waals surface area contributed by atoms with Crippen LogP contribution >= 0.6 is 7.60 Å². The largest absolute Gasteiger partial charge is 0.394 e. The average Bonchev–Trinajstić information content (AvgIpc) is 3.16. The zero-order valence-corrected chi connectivity index (χ0v) is 17.2. The predicted octanol–water partition coefficient (Wildman–Crippen LogP) is -1.89. The van der Waals surface area contributed by atoms with Crippen LogP contribution in [-0.4, -0.2) is 71.3 Å². The number of rotatable bonds is 6. The number of aromatic nitrogens is 2. The minimum atomic E-state index is -4.55. The van der Waals surface area contributed by atoms with E-state index in [9.17, 15) is 29.5 Å². The maximum Gasteiger partial charge on any atom is 0.351 e. The van der Waals surface area contributed by atoms with Crippen LogP contribution in [0.2, 0.25) is 0 Å². The van der Waals surface area contributed by atoms with E-state index in [-0.39, 0.29) is 18.4 Å². The van der Waals surface area contributed by atoms with E-state index in [1.807, 2.05) is 0 Å². The highest BCUT2D eigenvalue weighted by atomic mass is 31.2. The molecule has 2 fully saturated rings. The van der Waals surface area contributed by atoms with Crippen LogP contribution in [-0.2, 0) is 18.8 Å². The number of aliphatic hydroxyl groups is 3. The Morgan fingerprint density at radius 2 is 1.93 bits per heavy atom. The summed E-state index contributed by atoms with van der Waals surface area (Å²) in [5, 5.41) is 29.5. The van der Waals surface area contributed by atoms with Crippen molar-refractivity contribution in [2.45, 2.75) is 63.2 Å². The van der Waals surface area contributed by atoms with Gasteiger partial charge >= 0.3 is 13.3 Å². The van der Waals surface area contributed by atoms with Gasteiger partial charge in [-0.25, -0.2) is 9.36 Å². The summed E-state index contributed by atoms with van der Waals surface area (Å²) >= 11 is 0. The summed E-state index contributed by atoms with van der Waals surface area (Å²) in [6.07, 6.45) is -5.43. The lowest BCUT2D eigenvalue weighted by Gasteiger charge is -2.28. The molecule has 0 aliphatic carbocycles. The van der Waals surface area contributed by atoms with Gasteiger partial charge in [-0.2, -0.15) is 0 Å². The maximum atomic E-state index is 13.0. The number of aliphatic hydroxyl groups excluding tert-OH is 3. The maximum absolute atomic E-state index is 13.0. The smallest absolute Gasteiger partial charge is 0.351 e. The van der Waals surface area contributed by atoms with Gasteiger partial charge in [-0.3, -0.25) is 13.9 Å². The first-order valence-electron chi connectivity index (χ1n) is 9.19. The number of ether oxygens (including phenoxy) is 3. The Bertz CT molecular complexity index is 955. The number of aryl methyl sites for hydroxylation is 1. The fraction of sp³-hybridized carbons (Fsp3) is 0.750. The van der Waals surface area contributed by atoms with Gasteiger partial charge in [-0.15, -0.1) is 0 Å². The van der Waals surface area contributed by atoms with Crippen LogP contribution in [0, 0.1) is 6.92 Å². The molecule has 0 unspecified atom stereocenters. The van der Waals surface area contributed by atoms with E-state index in [0.29, 0.717) is 0 Å². The van der Waals surface area contributed by atoms with Gasteiger partial charge in [0.1, 0.15) is 24.7 Å². The van der Waals surface area contributed by atoms with Crippen LogP contribution in [0.1, 0.15) is 37.8 Å². The third kappa shape index (κ3) is 4.44. The molecule has 170 valence electrons. The molecule has 3 rings (SSSR count). The zero-order valence-electron chi connectivity index (χ0n) is 16.3. The highest BCUT2D eigenvalue weighted by Crippen LogP contribution is 2.41. The second-order valence-corrected chi connectivity index (χ2v) is 9.16. The molecule has 1 aromatic rings. The minimum absolute atomic E-state index is 0.0139. The normalized spacial score (nSPS) is 34.6. The first kappa shape index (κ1) is 23.3. The second kappa shape index (κ2) is 8.26. The summed E-state index contributed by atoms with van der Waals surface area (Å²) in [6.45, 7) is 2.26. The molecule has 30 heavy (non-hydrogen) atoms. The molecule has 13 nitrogen and oxygen atoms in total. The summed E-state index contributed by atoms with van der Waals surface area (Å²) < 4.78 is 29.0. The van der Waals surface area contributed by atoms with Crippen LogP contribution in [0.4, 0.5) is 0 Å². The SMILES string of the molecule is Cc1cn([C@@H]2C[C@H](O)[C@@H](CO)O2)c(=O)n([C@H]2C[C@H](O)[C@@](C)(OCP(=O)(O)O)O2)c1=O. The van der Waals surface area contributed by atoms with Crippen LogP contribution < -0.4 is 11.2 Å². The average molecular weight is 452 g/mol. The second-order valence-electron chi connectivity index (χ2n) is 7.57. The molecule has 2 aliphatic rings. The van der Waals surface area contributed by atoms with E-state index >= 15 is 0 Å². The van der Waals surface area contributed by atoms with E-state index in [2.05, 4.69) is 0 Å². The molecule has 0 amide bonds. The molecule has 3 heterocycles. The van der Waals surface area contributed by atoms with Gasteiger partial charge in [0.25, 0.3) is 5.56 Å². The van der Waals surface area contributed by atoms with Crippen molar-refractivity contribution in [3.63, 3.8) is 0 Å². The Kier molecular flexibility index (Phi) is 6.41. The Balaban J connectivity index is 1.93. The van der Waals surface area contributed by atoms with Gasteiger partial charge in [-0.05, 0) is 13.8 Å². The lowest BCUT2D eigenvalue weighted by Crippen LogP contribution is -2.45. The Morgan fingerprint density at radius 1 is 1.27 bits per heavy atom. The summed E-state index contributed by atoms with van der Waals surface area (Å²) in [5.41, 5.74) is -1.37. The topological polar surface area (TPSA) is 190 Å². The first-order chi connectivity index (χ1) is 13.9. The minimum Gasteiger partial charge on any atom is -0.394 e. The van der Waals surface area contributed by atoms with Gasteiger partial charge in [-0.1, -0.05) is 0 Å². The van der Waals surface area contributed by atoms with Crippen molar-refractivity contribution in [3.05, 3.63) is 32.6 Å². The van der Waals surface area contributed by atoms with Crippen molar-refractivity contribution >= 4 is 7.60 Å². The van der Waals surface area contributed by atoms with Crippen molar-refractivity contribution in [2.24, 2.45) is 0 Å². The monoisotopic (exact) mass is 452 g/mol. The number of nitrogens with zero attached hydrogens (tertiary/aromatic N) is 2. The molecule has 0 spiro atoms. The summed E-state index contributed by atoms with van der Waals surface area (Å²) in [6, 6.07) is 0. The lowest BCUT2D eigenvalue weighted by molar-refractivity contribution is -0.248. The van der Waals surface area contributed by atoms with E-state index in [4.69, 9.17) is 24.0 Å². The number of hydrogen-bond acceptors (Lipinski definition) is 9. The molecular formula is C16H25N2O11P. The van der Waals surface area contributed by atoms with Gasteiger partial charge in [0.05, 0.1) is 12.7 Å². The fourth-order valence-electron chi connectivity index (χ4n) is 3.53.